The van der Waals surface area contributed by atoms with Gasteiger partial charge >= 0.3 is 0 Å². The number of rotatable bonds is 3. The molecular formula is C54H39N. The van der Waals surface area contributed by atoms with E-state index in [1.807, 2.05) is 0 Å². The summed E-state index contributed by atoms with van der Waals surface area (Å²) < 4.78 is 0. The second-order valence-electron chi connectivity index (χ2n) is 17.1. The molecule has 1 spiro atoms. The fraction of sp³-hybridized carbons (Fsp3) is 0.148. The minimum absolute atomic E-state index is 0.105. The van der Waals surface area contributed by atoms with E-state index in [0.717, 1.165) is 0 Å². The number of nitrogens with zero attached hydrogens (tertiary/aromatic N) is 1. The Bertz CT molecular complexity index is 2840. The molecular weight excluding hydrogens is 663 g/mol. The third-order valence-electron chi connectivity index (χ3n) is 14.3. The molecule has 1 heteroatoms. The Morgan fingerprint density at radius 3 is 1.64 bits per heavy atom. The van der Waals surface area contributed by atoms with Gasteiger partial charge in [0.2, 0.25) is 0 Å². The largest absolute Gasteiger partial charge is 0.310 e. The zero-order chi connectivity index (χ0) is 36.2. The van der Waals surface area contributed by atoms with Gasteiger partial charge in [0.25, 0.3) is 0 Å². The number of hydrogen-bond donors (Lipinski definition) is 0. The Morgan fingerprint density at radius 2 is 0.945 bits per heavy atom. The molecule has 0 radical (unpaired) electrons. The molecule has 14 rings (SSSR count). The van der Waals surface area contributed by atoms with Crippen molar-refractivity contribution in [3.05, 3.63) is 220 Å². The van der Waals surface area contributed by atoms with Crippen molar-refractivity contribution in [3.63, 3.8) is 0 Å². The van der Waals surface area contributed by atoms with Gasteiger partial charge in [0, 0.05) is 28.3 Å². The van der Waals surface area contributed by atoms with Crippen LogP contribution in [0.15, 0.2) is 176 Å². The van der Waals surface area contributed by atoms with Crippen LogP contribution in [-0.4, -0.2) is 0 Å². The van der Waals surface area contributed by atoms with Crippen LogP contribution in [-0.2, 0) is 10.8 Å². The number of fused-ring (bicyclic) bond motifs is 13. The van der Waals surface area contributed by atoms with Crippen molar-refractivity contribution in [3.8, 4) is 33.4 Å². The van der Waals surface area contributed by atoms with Crippen LogP contribution in [0.2, 0.25) is 0 Å². The van der Waals surface area contributed by atoms with E-state index in [2.05, 4.69) is 195 Å². The Morgan fingerprint density at radius 1 is 0.418 bits per heavy atom. The van der Waals surface area contributed by atoms with Crippen molar-refractivity contribution in [1.29, 1.82) is 0 Å². The van der Waals surface area contributed by atoms with Gasteiger partial charge in [-0.2, -0.15) is 0 Å². The van der Waals surface area contributed by atoms with Gasteiger partial charge in [0.15, 0.2) is 0 Å². The Balaban J connectivity index is 1.09. The monoisotopic (exact) mass is 701 g/mol. The molecule has 260 valence electrons. The lowest BCUT2D eigenvalue weighted by molar-refractivity contribution is 0.660. The molecule has 0 N–H and O–H groups in total. The van der Waals surface area contributed by atoms with Crippen molar-refractivity contribution < 1.29 is 0 Å². The molecule has 7 aliphatic carbocycles. The highest BCUT2D eigenvalue weighted by Gasteiger charge is 2.53. The van der Waals surface area contributed by atoms with E-state index in [1.165, 1.54) is 95.0 Å². The van der Waals surface area contributed by atoms with E-state index in [1.54, 1.807) is 0 Å². The first kappa shape index (κ1) is 30.2. The van der Waals surface area contributed by atoms with Gasteiger partial charge in [0.05, 0.1) is 11.1 Å². The molecule has 0 amide bonds. The molecule has 2 unspecified atom stereocenters. The first-order valence-electron chi connectivity index (χ1n) is 20.0. The van der Waals surface area contributed by atoms with Gasteiger partial charge in [-0.1, -0.05) is 159 Å². The molecule has 7 aromatic carbocycles. The molecule has 0 heterocycles. The van der Waals surface area contributed by atoms with Crippen LogP contribution < -0.4 is 4.90 Å². The topological polar surface area (TPSA) is 3.24 Å². The lowest BCUT2D eigenvalue weighted by atomic mass is 9.70. The van der Waals surface area contributed by atoms with Gasteiger partial charge in [-0.05, 0) is 120 Å². The van der Waals surface area contributed by atoms with E-state index in [4.69, 9.17) is 0 Å². The molecule has 7 aliphatic rings. The van der Waals surface area contributed by atoms with Gasteiger partial charge < -0.3 is 4.90 Å². The fourth-order valence-corrected chi connectivity index (χ4v) is 11.9. The quantitative estimate of drug-likeness (QED) is 0.166. The van der Waals surface area contributed by atoms with Crippen LogP contribution >= 0.6 is 0 Å². The normalized spacial score (nSPS) is 22.1. The van der Waals surface area contributed by atoms with Gasteiger partial charge in [-0.15, -0.1) is 0 Å². The molecule has 4 bridgehead atoms. The summed E-state index contributed by atoms with van der Waals surface area (Å²) in [6.45, 7) is 4.79. The van der Waals surface area contributed by atoms with Crippen molar-refractivity contribution >= 4 is 17.1 Å². The zero-order valence-corrected chi connectivity index (χ0v) is 31.0. The van der Waals surface area contributed by atoms with E-state index in [0.29, 0.717) is 23.7 Å². The standard InChI is InChI=1S/C54H39N/c1-53(2)44-16-7-3-12-36(44)39-29-25-34(31-49(39)53)55(33-24-28-35-32-22-26-40-41(27-23-32)51(40)43(35)30-33)50-21-11-20-48-52(50)42-15-6-10-19-47(42)54(48)45-17-8-4-13-37(45)38-14-5-9-18-46(38)54/h3-32,40-41,51H,1-2H3. The summed E-state index contributed by atoms with van der Waals surface area (Å²) in [7, 11) is 0. The fourth-order valence-electron chi connectivity index (χ4n) is 11.9. The highest BCUT2D eigenvalue weighted by Crippen LogP contribution is 2.66. The average molecular weight is 702 g/mol. The molecule has 2 atom stereocenters. The maximum atomic E-state index is 2.60. The summed E-state index contributed by atoms with van der Waals surface area (Å²) in [5, 5.41) is 0. The van der Waals surface area contributed by atoms with E-state index in [9.17, 15) is 0 Å². The first-order valence-corrected chi connectivity index (χ1v) is 20.0. The number of hydrogen-bond acceptors (Lipinski definition) is 1. The molecule has 7 aromatic rings. The lowest BCUT2D eigenvalue weighted by Crippen LogP contribution is -2.26. The maximum Gasteiger partial charge on any atom is 0.0726 e. The van der Waals surface area contributed by atoms with Crippen LogP contribution in [0.4, 0.5) is 17.1 Å². The van der Waals surface area contributed by atoms with Gasteiger partial charge in [0.1, 0.15) is 0 Å². The van der Waals surface area contributed by atoms with E-state index < -0.39 is 5.41 Å². The molecule has 1 saturated carbocycles. The lowest BCUT2D eigenvalue weighted by Gasteiger charge is -2.32. The Hall–Kier alpha value is -6.18. The average Bonchev–Trinajstić information content (AvgIpc) is 3.82. The number of allylic oxidation sites excluding steroid dienone is 4. The molecule has 55 heavy (non-hydrogen) atoms. The van der Waals surface area contributed by atoms with Crippen LogP contribution in [0.5, 0.6) is 0 Å². The third kappa shape index (κ3) is 3.65. The third-order valence-corrected chi connectivity index (χ3v) is 14.3. The summed E-state index contributed by atoms with van der Waals surface area (Å²) in [5.74, 6) is 2.13. The maximum absolute atomic E-state index is 2.60. The van der Waals surface area contributed by atoms with E-state index >= 15 is 0 Å². The summed E-state index contributed by atoms with van der Waals surface area (Å²) in [4.78, 5) is 2.60. The number of benzene rings is 7. The molecule has 1 fully saturated rings. The SMILES string of the molecule is CC1(C)c2ccccc2-c2ccc(N(c3ccc4c(c3)C3C5C=CC4C=CC53)c3cccc4c3-c3ccccc3C43c4ccccc4-c4ccccc43)cc21. The van der Waals surface area contributed by atoms with Crippen LogP contribution in [0, 0.1) is 11.8 Å². The highest BCUT2D eigenvalue weighted by molar-refractivity contribution is 6.01. The van der Waals surface area contributed by atoms with Crippen molar-refractivity contribution in [2.45, 2.75) is 36.5 Å². The van der Waals surface area contributed by atoms with Crippen molar-refractivity contribution in [2.24, 2.45) is 11.8 Å². The Labute approximate surface area is 322 Å². The molecule has 0 saturated heterocycles. The second kappa shape index (κ2) is 10.3. The Kier molecular flexibility index (Phi) is 5.66. The molecule has 0 aliphatic heterocycles. The van der Waals surface area contributed by atoms with Crippen LogP contribution in [0.25, 0.3) is 33.4 Å². The smallest absolute Gasteiger partial charge is 0.0726 e. The van der Waals surface area contributed by atoms with Crippen LogP contribution in [0.1, 0.15) is 70.2 Å². The molecule has 1 nitrogen and oxygen atoms in total. The first-order chi connectivity index (χ1) is 27.0. The second-order valence-corrected chi connectivity index (χ2v) is 17.1. The van der Waals surface area contributed by atoms with Crippen molar-refractivity contribution in [2.75, 3.05) is 4.90 Å². The number of anilines is 3. The summed E-state index contributed by atoms with van der Waals surface area (Å²) in [6, 6.07) is 58.3. The minimum Gasteiger partial charge on any atom is -0.310 e. The summed E-state index contributed by atoms with van der Waals surface area (Å²) in [5.41, 5.74) is 22.5. The zero-order valence-electron chi connectivity index (χ0n) is 31.0. The summed E-state index contributed by atoms with van der Waals surface area (Å²) in [6.07, 6.45) is 9.88. The predicted octanol–water partition coefficient (Wildman–Crippen LogP) is 13.4. The minimum atomic E-state index is -0.395. The summed E-state index contributed by atoms with van der Waals surface area (Å²) >= 11 is 0. The van der Waals surface area contributed by atoms with Crippen LogP contribution in [0.3, 0.4) is 0 Å². The highest BCUT2D eigenvalue weighted by atomic mass is 15.1. The van der Waals surface area contributed by atoms with Crippen molar-refractivity contribution in [1.82, 2.24) is 0 Å². The van der Waals surface area contributed by atoms with E-state index in [-0.39, 0.29) is 5.41 Å². The molecule has 0 aromatic heterocycles. The van der Waals surface area contributed by atoms with Gasteiger partial charge in [-0.3, -0.25) is 0 Å². The predicted molar refractivity (Wildman–Crippen MR) is 226 cm³/mol. The van der Waals surface area contributed by atoms with Gasteiger partial charge in [-0.25, -0.2) is 0 Å².